The minimum Gasteiger partial charge on any atom is -0.299 e. The van der Waals surface area contributed by atoms with Crippen LogP contribution >= 0.6 is 0 Å². The van der Waals surface area contributed by atoms with E-state index in [1.165, 1.54) is 104 Å². The van der Waals surface area contributed by atoms with Crippen molar-refractivity contribution in [3.8, 4) is 0 Å². The van der Waals surface area contributed by atoms with Gasteiger partial charge in [0.25, 0.3) is 0 Å². The molecular weight excluding hydrogens is 857 g/mol. The number of nitrogens with zero attached hydrogens (tertiary/aromatic N) is 8. The largest absolute Gasteiger partial charge is 0.299 e. The predicted molar refractivity (Wildman–Crippen MR) is 310 cm³/mol. The lowest BCUT2D eigenvalue weighted by Crippen LogP contribution is -2.57. The van der Waals surface area contributed by atoms with Crippen molar-refractivity contribution in [3.63, 3.8) is 0 Å². The lowest BCUT2D eigenvalue weighted by atomic mass is 9.73. The Morgan fingerprint density at radius 3 is 0.800 bits per heavy atom. The Kier molecular flexibility index (Phi) is 23.1. The van der Waals surface area contributed by atoms with Crippen molar-refractivity contribution in [2.45, 2.75) is 304 Å². The van der Waals surface area contributed by atoms with Crippen LogP contribution in [-0.4, -0.2) is 189 Å². The van der Waals surface area contributed by atoms with E-state index >= 15 is 0 Å². The van der Waals surface area contributed by atoms with Gasteiger partial charge in [0.1, 0.15) is 0 Å². The van der Waals surface area contributed by atoms with E-state index in [1.807, 2.05) is 0 Å². The first-order valence-electron chi connectivity index (χ1n) is 29.3. The van der Waals surface area contributed by atoms with Crippen molar-refractivity contribution in [1.29, 1.82) is 0 Å². The fourth-order valence-corrected chi connectivity index (χ4v) is 16.0. The first kappa shape index (κ1) is 64.0. The maximum Gasteiger partial charge on any atom is 0.0277 e. The van der Waals surface area contributed by atoms with E-state index in [9.17, 15) is 0 Å². The molecule has 0 spiro atoms. The molecule has 12 saturated heterocycles. The van der Waals surface area contributed by atoms with Crippen LogP contribution in [0.15, 0.2) is 0 Å². The summed E-state index contributed by atoms with van der Waals surface area (Å²) >= 11 is 0. The van der Waals surface area contributed by atoms with Crippen molar-refractivity contribution in [3.05, 3.63) is 0 Å². The molecular formula is C62H128N8. The van der Waals surface area contributed by atoms with E-state index in [2.05, 4.69) is 205 Å². The maximum absolute atomic E-state index is 2.76. The molecule has 0 radical (unpaired) electrons. The molecule has 12 heterocycles. The minimum atomic E-state index is 0. The van der Waals surface area contributed by atoms with Crippen molar-refractivity contribution < 1.29 is 0 Å². The van der Waals surface area contributed by atoms with E-state index in [-0.39, 0.29) is 14.9 Å². The lowest BCUT2D eigenvalue weighted by molar-refractivity contribution is -0.00782. The first-order chi connectivity index (χ1) is 31.3. The van der Waals surface area contributed by atoms with Crippen LogP contribution in [0.4, 0.5) is 0 Å². The van der Waals surface area contributed by atoms with Crippen molar-refractivity contribution in [2.24, 2.45) is 33.5 Å². The minimum absolute atomic E-state index is 0. The van der Waals surface area contributed by atoms with E-state index in [0.717, 1.165) is 48.1 Å². The zero-order valence-electron chi connectivity index (χ0n) is 50.1. The van der Waals surface area contributed by atoms with Crippen LogP contribution in [-0.2, 0) is 0 Å². The summed E-state index contributed by atoms with van der Waals surface area (Å²) in [6.07, 6.45) is 8.26. The molecule has 70 heavy (non-hydrogen) atoms. The second-order valence-electron chi connectivity index (χ2n) is 29.4. The molecule has 0 amide bonds. The van der Waals surface area contributed by atoms with E-state index in [1.54, 1.807) is 0 Å². The van der Waals surface area contributed by atoms with Crippen molar-refractivity contribution in [2.75, 3.05) is 65.4 Å². The van der Waals surface area contributed by atoms with Crippen LogP contribution in [0.1, 0.15) is 220 Å². The predicted octanol–water partition coefficient (Wildman–Crippen LogP) is 12.9. The Labute approximate surface area is 440 Å². The standard InChI is InChI=1S/4C15H30N2.2CH4/c2*1-11(2)16-8-13-7-15(5,6)14(10-16)17(9-13)12(3)4;2*1-11(2)16-8-7-14-15(5,6)9-13(16)10-17(14)12(3)4;;/h4*11-14H,7-10H2,1-6H3;2*1H4/t13-,14?;13-,14-;2*13-,14+;;/m0111../s1. The van der Waals surface area contributed by atoms with E-state index < -0.39 is 0 Å². The second-order valence-corrected chi connectivity index (χ2v) is 29.4. The third-order valence-electron chi connectivity index (χ3n) is 19.6. The SMILES string of the molecule is C.C.CC(C)N1CC2N(C(C)C)C[C@H](C1)CC2(C)C.CC(C)N1CC[C@@H]2N(C(C)C)C[C@H]1CC2(C)C.CC(C)N1CC[C@@H]2N(C(C)C)C[C@H]1CC2(C)C.CC(C)N1C[C@@H]2CN(C(C)C)[C@H](C1)C(C)(C)C2. The van der Waals surface area contributed by atoms with Gasteiger partial charge in [-0.3, -0.25) is 39.2 Å². The molecule has 1 unspecified atom stereocenters. The third-order valence-corrected chi connectivity index (χ3v) is 19.6. The molecule has 12 aliphatic heterocycles. The summed E-state index contributed by atoms with van der Waals surface area (Å²) in [7, 11) is 0. The van der Waals surface area contributed by atoms with Gasteiger partial charge in [-0.1, -0.05) is 70.2 Å². The van der Waals surface area contributed by atoms with Gasteiger partial charge in [-0.25, -0.2) is 0 Å². The molecule has 8 bridgehead atoms. The van der Waals surface area contributed by atoms with Crippen LogP contribution < -0.4 is 0 Å². The first-order valence-corrected chi connectivity index (χ1v) is 29.3. The fourth-order valence-electron chi connectivity index (χ4n) is 16.0. The molecule has 0 saturated carbocycles. The topological polar surface area (TPSA) is 25.9 Å². The number of fused-ring (bicyclic) bond motifs is 16. The van der Waals surface area contributed by atoms with Crippen LogP contribution in [0.2, 0.25) is 0 Å². The molecule has 12 fully saturated rings. The molecule has 0 N–H and O–H groups in total. The average molecular weight is 986 g/mol. The van der Waals surface area contributed by atoms with Gasteiger partial charge in [-0.15, -0.1) is 0 Å². The number of hydrogen-bond donors (Lipinski definition) is 0. The lowest BCUT2D eigenvalue weighted by Gasteiger charge is -2.50. The molecule has 8 nitrogen and oxygen atoms in total. The van der Waals surface area contributed by atoms with Crippen LogP contribution in [0.25, 0.3) is 0 Å². The molecule has 0 aromatic heterocycles. The summed E-state index contributed by atoms with van der Waals surface area (Å²) in [5, 5.41) is 0. The van der Waals surface area contributed by atoms with Gasteiger partial charge < -0.3 is 0 Å². The maximum atomic E-state index is 2.76. The quantitative estimate of drug-likeness (QED) is 0.237. The summed E-state index contributed by atoms with van der Waals surface area (Å²) in [5.41, 5.74) is 1.93. The molecule has 8 heteroatoms. The third kappa shape index (κ3) is 15.0. The monoisotopic (exact) mass is 985 g/mol. The summed E-state index contributed by atoms with van der Waals surface area (Å²) < 4.78 is 0. The fraction of sp³-hybridized carbons (Fsp3) is 1.00. The van der Waals surface area contributed by atoms with Gasteiger partial charge in [0.15, 0.2) is 0 Å². The summed E-state index contributed by atoms with van der Waals surface area (Å²) in [5.74, 6) is 1.74. The van der Waals surface area contributed by atoms with Crippen molar-refractivity contribution >= 4 is 0 Å². The zero-order chi connectivity index (χ0) is 51.2. The van der Waals surface area contributed by atoms with Gasteiger partial charge in [0.05, 0.1) is 0 Å². The molecule has 0 aromatic carbocycles. The Hall–Kier alpha value is -0.320. The molecule has 12 aliphatic rings. The Bertz CT molecular complexity index is 1400. The zero-order valence-corrected chi connectivity index (χ0v) is 50.1. The Morgan fingerprint density at radius 2 is 0.543 bits per heavy atom. The smallest absolute Gasteiger partial charge is 0.0277 e. The number of rotatable bonds is 8. The van der Waals surface area contributed by atoms with E-state index in [0.29, 0.717) is 70.0 Å². The normalized spacial score (nSPS) is 33.6. The Morgan fingerprint density at radius 1 is 0.286 bits per heavy atom. The van der Waals surface area contributed by atoms with Gasteiger partial charge in [-0.2, -0.15) is 0 Å². The van der Waals surface area contributed by atoms with E-state index in [4.69, 9.17) is 0 Å². The second kappa shape index (κ2) is 25.2. The van der Waals surface area contributed by atoms with Crippen LogP contribution in [0.3, 0.4) is 0 Å². The van der Waals surface area contributed by atoms with Gasteiger partial charge in [0, 0.05) is 150 Å². The highest BCUT2D eigenvalue weighted by atomic mass is 15.3. The molecule has 0 aliphatic carbocycles. The van der Waals surface area contributed by atoms with Crippen molar-refractivity contribution in [1.82, 2.24) is 39.2 Å². The Balaban J connectivity index is 0.000000245. The molecule has 8 atom stereocenters. The highest BCUT2D eigenvalue weighted by Crippen LogP contribution is 2.46. The van der Waals surface area contributed by atoms with Gasteiger partial charge in [-0.05, 0) is 183 Å². The summed E-state index contributed by atoms with van der Waals surface area (Å²) in [6.45, 7) is 70.4. The highest BCUT2D eigenvalue weighted by Gasteiger charge is 2.50. The highest BCUT2D eigenvalue weighted by molar-refractivity contribution is 5.05. The van der Waals surface area contributed by atoms with Gasteiger partial charge in [0.2, 0.25) is 0 Å². The molecule has 12 rings (SSSR count). The van der Waals surface area contributed by atoms with Crippen LogP contribution in [0, 0.1) is 33.5 Å². The summed E-state index contributed by atoms with van der Waals surface area (Å²) in [4.78, 5) is 21.9. The number of piperidine rings is 4. The molecule has 0 aromatic rings. The van der Waals surface area contributed by atoms with Gasteiger partial charge >= 0.3 is 0 Å². The summed E-state index contributed by atoms with van der Waals surface area (Å²) in [6, 6.07) is 10.1. The molecule has 416 valence electrons. The average Bonchev–Trinajstić information content (AvgIpc) is 3.82. The number of hydrogen-bond acceptors (Lipinski definition) is 8. The van der Waals surface area contributed by atoms with Crippen LogP contribution in [0.5, 0.6) is 0 Å².